The SMILES string of the molecule is CC(Cc1ccc2cncc(-c3ccc(C#N)c4ccccc34)c2c1)C(=O)O. The van der Waals surface area contributed by atoms with E-state index in [9.17, 15) is 15.2 Å². The fourth-order valence-corrected chi connectivity index (χ4v) is 3.62. The van der Waals surface area contributed by atoms with Crippen LogP contribution in [0.3, 0.4) is 0 Å². The van der Waals surface area contributed by atoms with Gasteiger partial charge in [0.2, 0.25) is 0 Å². The molecule has 1 heterocycles. The van der Waals surface area contributed by atoms with Crippen LogP contribution in [0.25, 0.3) is 32.7 Å². The molecule has 0 amide bonds. The molecule has 0 aliphatic rings. The zero-order valence-electron chi connectivity index (χ0n) is 15.4. The maximum Gasteiger partial charge on any atom is 0.306 e. The van der Waals surface area contributed by atoms with E-state index in [4.69, 9.17) is 0 Å². The Labute approximate surface area is 162 Å². The first-order chi connectivity index (χ1) is 13.6. The quantitative estimate of drug-likeness (QED) is 0.539. The number of aromatic nitrogens is 1. The number of carbonyl (C=O) groups is 1. The predicted octanol–water partition coefficient (Wildman–Crippen LogP) is 5.19. The first-order valence-electron chi connectivity index (χ1n) is 9.10. The Hall–Kier alpha value is -3.71. The monoisotopic (exact) mass is 366 g/mol. The van der Waals surface area contributed by atoms with Crippen LogP contribution < -0.4 is 0 Å². The average molecular weight is 366 g/mol. The summed E-state index contributed by atoms with van der Waals surface area (Å²) < 4.78 is 0. The van der Waals surface area contributed by atoms with Gasteiger partial charge in [0.15, 0.2) is 0 Å². The molecule has 0 spiro atoms. The van der Waals surface area contributed by atoms with Crippen LogP contribution >= 0.6 is 0 Å². The summed E-state index contributed by atoms with van der Waals surface area (Å²) in [4.78, 5) is 15.6. The molecule has 1 unspecified atom stereocenters. The molecule has 1 atom stereocenters. The molecule has 4 heteroatoms. The molecule has 1 aromatic heterocycles. The number of aliphatic carboxylic acids is 1. The first-order valence-corrected chi connectivity index (χ1v) is 9.10. The van der Waals surface area contributed by atoms with Gasteiger partial charge in [-0.1, -0.05) is 55.5 Å². The Kier molecular flexibility index (Phi) is 4.50. The van der Waals surface area contributed by atoms with Crippen molar-refractivity contribution in [1.29, 1.82) is 5.26 Å². The highest BCUT2D eigenvalue weighted by Crippen LogP contribution is 2.35. The zero-order valence-corrected chi connectivity index (χ0v) is 15.4. The largest absolute Gasteiger partial charge is 0.481 e. The summed E-state index contributed by atoms with van der Waals surface area (Å²) in [7, 11) is 0. The van der Waals surface area contributed by atoms with E-state index in [1.54, 1.807) is 6.92 Å². The molecule has 0 saturated carbocycles. The van der Waals surface area contributed by atoms with Gasteiger partial charge in [-0.3, -0.25) is 9.78 Å². The number of fused-ring (bicyclic) bond motifs is 2. The minimum absolute atomic E-state index is 0.446. The number of hydrogen-bond acceptors (Lipinski definition) is 3. The third kappa shape index (κ3) is 3.08. The molecular weight excluding hydrogens is 348 g/mol. The lowest BCUT2D eigenvalue weighted by molar-refractivity contribution is -0.141. The molecule has 0 fully saturated rings. The maximum atomic E-state index is 11.2. The Bertz CT molecular complexity index is 1250. The normalized spacial score (nSPS) is 12.0. The topological polar surface area (TPSA) is 74.0 Å². The molecule has 3 aromatic carbocycles. The molecule has 1 N–H and O–H groups in total. The highest BCUT2D eigenvalue weighted by Gasteiger charge is 2.14. The summed E-state index contributed by atoms with van der Waals surface area (Å²) in [6.07, 6.45) is 4.12. The van der Waals surface area contributed by atoms with E-state index in [0.29, 0.717) is 12.0 Å². The fraction of sp³-hybridized carbons (Fsp3) is 0.125. The number of carboxylic acid groups (broad SMARTS) is 1. The van der Waals surface area contributed by atoms with Crippen molar-refractivity contribution in [2.24, 2.45) is 5.92 Å². The van der Waals surface area contributed by atoms with Gasteiger partial charge in [-0.25, -0.2) is 0 Å². The molecule has 0 saturated heterocycles. The first kappa shape index (κ1) is 17.7. The van der Waals surface area contributed by atoms with Crippen molar-refractivity contribution in [3.8, 4) is 17.2 Å². The minimum atomic E-state index is -0.798. The van der Waals surface area contributed by atoms with Gasteiger partial charge in [0.05, 0.1) is 17.6 Å². The Balaban J connectivity index is 1.93. The van der Waals surface area contributed by atoms with E-state index in [2.05, 4.69) is 17.1 Å². The van der Waals surface area contributed by atoms with Crippen LogP contribution in [-0.2, 0) is 11.2 Å². The molecule has 0 radical (unpaired) electrons. The van der Waals surface area contributed by atoms with Crippen molar-refractivity contribution in [2.75, 3.05) is 0 Å². The number of nitrogens with zero attached hydrogens (tertiary/aromatic N) is 2. The molecular formula is C24H18N2O2. The molecule has 4 rings (SSSR count). The van der Waals surface area contributed by atoms with Crippen molar-refractivity contribution in [3.05, 3.63) is 78.1 Å². The maximum absolute atomic E-state index is 11.2. The Morgan fingerprint density at radius 3 is 2.57 bits per heavy atom. The van der Waals surface area contributed by atoms with Crippen LogP contribution in [-0.4, -0.2) is 16.1 Å². The molecule has 0 bridgehead atoms. The molecule has 0 aliphatic carbocycles. The summed E-state index contributed by atoms with van der Waals surface area (Å²) in [5.74, 6) is -1.24. The van der Waals surface area contributed by atoms with Gasteiger partial charge >= 0.3 is 5.97 Å². The number of hydrogen-bond donors (Lipinski definition) is 1. The number of carboxylic acids is 1. The second kappa shape index (κ2) is 7.13. The van der Waals surface area contributed by atoms with Crippen LogP contribution in [0, 0.1) is 17.2 Å². The van der Waals surface area contributed by atoms with Crippen molar-refractivity contribution < 1.29 is 9.90 Å². The number of pyridine rings is 1. The second-order valence-corrected chi connectivity index (χ2v) is 7.00. The lowest BCUT2D eigenvalue weighted by atomic mass is 9.92. The number of benzene rings is 3. The average Bonchev–Trinajstić information content (AvgIpc) is 2.72. The standard InChI is InChI=1S/C24H18N2O2/c1-15(24(27)28)10-16-6-7-18-13-26-14-23(22(18)11-16)21-9-8-17(12-25)19-4-2-3-5-20(19)21/h2-9,11,13-15H,10H2,1H3,(H,27,28). The fourth-order valence-electron chi connectivity index (χ4n) is 3.62. The van der Waals surface area contributed by atoms with Gasteiger partial charge in [-0.05, 0) is 34.4 Å². The third-order valence-electron chi connectivity index (χ3n) is 5.12. The van der Waals surface area contributed by atoms with Crippen LogP contribution in [0.15, 0.2) is 67.0 Å². The Morgan fingerprint density at radius 1 is 1.04 bits per heavy atom. The zero-order chi connectivity index (χ0) is 19.7. The van der Waals surface area contributed by atoms with Gasteiger partial charge < -0.3 is 5.11 Å². The lowest BCUT2D eigenvalue weighted by Gasteiger charge is -2.13. The van der Waals surface area contributed by atoms with Crippen molar-refractivity contribution >= 4 is 27.5 Å². The van der Waals surface area contributed by atoms with Gasteiger partial charge in [-0.2, -0.15) is 5.26 Å². The van der Waals surface area contributed by atoms with E-state index in [1.807, 2.05) is 60.9 Å². The van der Waals surface area contributed by atoms with Crippen LogP contribution in [0.4, 0.5) is 0 Å². The summed E-state index contributed by atoms with van der Waals surface area (Å²) >= 11 is 0. The summed E-state index contributed by atoms with van der Waals surface area (Å²) in [5.41, 5.74) is 3.61. The van der Waals surface area contributed by atoms with Crippen LogP contribution in [0.2, 0.25) is 0 Å². The Morgan fingerprint density at radius 2 is 1.82 bits per heavy atom. The highest BCUT2D eigenvalue weighted by atomic mass is 16.4. The van der Waals surface area contributed by atoms with Crippen molar-refractivity contribution in [2.45, 2.75) is 13.3 Å². The molecule has 28 heavy (non-hydrogen) atoms. The molecule has 136 valence electrons. The van der Waals surface area contributed by atoms with Gasteiger partial charge in [0.1, 0.15) is 0 Å². The van der Waals surface area contributed by atoms with E-state index in [0.717, 1.165) is 38.2 Å². The van der Waals surface area contributed by atoms with Gasteiger partial charge in [0.25, 0.3) is 0 Å². The minimum Gasteiger partial charge on any atom is -0.481 e. The van der Waals surface area contributed by atoms with Crippen molar-refractivity contribution in [3.63, 3.8) is 0 Å². The smallest absolute Gasteiger partial charge is 0.306 e. The number of rotatable bonds is 4. The molecule has 4 aromatic rings. The highest BCUT2D eigenvalue weighted by molar-refractivity contribution is 6.06. The van der Waals surface area contributed by atoms with E-state index >= 15 is 0 Å². The van der Waals surface area contributed by atoms with E-state index in [-0.39, 0.29) is 0 Å². The number of nitriles is 1. The predicted molar refractivity (Wildman–Crippen MR) is 110 cm³/mol. The lowest BCUT2D eigenvalue weighted by Crippen LogP contribution is -2.12. The van der Waals surface area contributed by atoms with Gasteiger partial charge in [-0.15, -0.1) is 0 Å². The van der Waals surface area contributed by atoms with E-state index < -0.39 is 11.9 Å². The van der Waals surface area contributed by atoms with Crippen LogP contribution in [0.1, 0.15) is 18.1 Å². The third-order valence-corrected chi connectivity index (χ3v) is 5.12. The molecule has 4 nitrogen and oxygen atoms in total. The molecule has 0 aliphatic heterocycles. The summed E-state index contributed by atoms with van der Waals surface area (Å²) in [6.45, 7) is 1.72. The second-order valence-electron chi connectivity index (χ2n) is 7.00. The van der Waals surface area contributed by atoms with Crippen LogP contribution in [0.5, 0.6) is 0 Å². The van der Waals surface area contributed by atoms with Crippen molar-refractivity contribution in [1.82, 2.24) is 4.98 Å². The van der Waals surface area contributed by atoms with Gasteiger partial charge in [0, 0.05) is 28.7 Å². The summed E-state index contributed by atoms with van der Waals surface area (Å²) in [6, 6.07) is 19.9. The summed E-state index contributed by atoms with van der Waals surface area (Å²) in [5, 5.41) is 22.6. The van der Waals surface area contributed by atoms with E-state index in [1.165, 1.54) is 0 Å².